The fourth-order valence-electron chi connectivity index (χ4n) is 3.52. The number of esters is 1. The van der Waals surface area contributed by atoms with Crippen LogP contribution >= 0.6 is 0 Å². The van der Waals surface area contributed by atoms with Gasteiger partial charge in [0.2, 0.25) is 6.79 Å². The Bertz CT molecular complexity index is 1050. The number of tetrazole rings is 1. The molecule has 4 rings (SSSR count). The van der Waals surface area contributed by atoms with Crippen molar-refractivity contribution in [3.8, 4) is 17.2 Å². The highest BCUT2D eigenvalue weighted by Crippen LogP contribution is 2.35. The molecule has 1 N–H and O–H groups in total. The number of aromatic nitrogens is 4. The number of hydrogen-bond donors (Lipinski definition) is 1. The van der Waals surface area contributed by atoms with Crippen LogP contribution in [0.4, 0.5) is 0 Å². The molecule has 0 fully saturated rings. The Hall–Kier alpha value is -3.46. The molecule has 0 radical (unpaired) electrons. The summed E-state index contributed by atoms with van der Waals surface area (Å²) >= 11 is 0. The number of para-hydroxylation sites is 1. The minimum Gasteiger partial charge on any atom is -0.465 e. The topological polar surface area (TPSA) is 100 Å². The summed E-state index contributed by atoms with van der Waals surface area (Å²) < 4.78 is 17.7. The van der Waals surface area contributed by atoms with Crippen LogP contribution in [0, 0.1) is 13.8 Å². The summed E-state index contributed by atoms with van der Waals surface area (Å²) in [6, 6.07) is 11.1. The normalized spacial score (nSPS) is 13.3. The van der Waals surface area contributed by atoms with Gasteiger partial charge in [-0.25, -0.2) is 0 Å². The Balaban J connectivity index is 1.76. The first-order chi connectivity index (χ1) is 14.6. The Morgan fingerprint density at radius 1 is 1.20 bits per heavy atom. The SMILES string of the molecule is CCOC(=O)CNC(c1ccc2c(c1)OCO2)c1nnnn1-c1c(C)cccc1C. The summed E-state index contributed by atoms with van der Waals surface area (Å²) in [4.78, 5) is 12.0. The maximum atomic E-state index is 12.0. The van der Waals surface area contributed by atoms with Gasteiger partial charge in [-0.3, -0.25) is 10.1 Å². The van der Waals surface area contributed by atoms with Gasteiger partial charge >= 0.3 is 5.97 Å². The lowest BCUT2D eigenvalue weighted by Crippen LogP contribution is -2.31. The van der Waals surface area contributed by atoms with E-state index in [2.05, 4.69) is 20.8 Å². The third kappa shape index (κ3) is 3.84. The second kappa shape index (κ2) is 8.50. The average molecular weight is 409 g/mol. The molecule has 0 aliphatic carbocycles. The van der Waals surface area contributed by atoms with Crippen molar-refractivity contribution < 1.29 is 19.0 Å². The van der Waals surface area contributed by atoms with Crippen molar-refractivity contribution in [2.75, 3.05) is 19.9 Å². The Morgan fingerprint density at radius 3 is 2.73 bits per heavy atom. The van der Waals surface area contributed by atoms with Crippen molar-refractivity contribution in [2.45, 2.75) is 26.8 Å². The Labute approximate surface area is 173 Å². The number of rotatable bonds is 7. The van der Waals surface area contributed by atoms with E-state index in [1.165, 1.54) is 0 Å². The van der Waals surface area contributed by atoms with Crippen LogP contribution < -0.4 is 14.8 Å². The molecule has 1 atom stereocenters. The molecule has 0 bridgehead atoms. The summed E-state index contributed by atoms with van der Waals surface area (Å²) in [5, 5.41) is 15.7. The molecule has 9 nitrogen and oxygen atoms in total. The van der Waals surface area contributed by atoms with E-state index in [1.54, 1.807) is 11.6 Å². The number of carbonyl (C=O) groups is 1. The van der Waals surface area contributed by atoms with Gasteiger partial charge in [-0.15, -0.1) is 5.10 Å². The molecule has 0 spiro atoms. The summed E-state index contributed by atoms with van der Waals surface area (Å²) in [5.41, 5.74) is 3.82. The first-order valence-electron chi connectivity index (χ1n) is 9.72. The van der Waals surface area contributed by atoms with E-state index in [0.29, 0.717) is 23.9 Å². The fraction of sp³-hybridized carbons (Fsp3) is 0.333. The number of carbonyl (C=O) groups excluding carboxylic acids is 1. The molecule has 0 saturated carbocycles. The lowest BCUT2D eigenvalue weighted by molar-refractivity contribution is -0.142. The zero-order valence-corrected chi connectivity index (χ0v) is 17.1. The molecule has 2 heterocycles. The third-order valence-corrected chi connectivity index (χ3v) is 4.89. The fourth-order valence-corrected chi connectivity index (χ4v) is 3.52. The van der Waals surface area contributed by atoms with Gasteiger partial charge in [-0.1, -0.05) is 24.3 Å². The highest BCUT2D eigenvalue weighted by atomic mass is 16.7. The third-order valence-electron chi connectivity index (χ3n) is 4.89. The van der Waals surface area contributed by atoms with Crippen LogP contribution in [0.25, 0.3) is 5.69 Å². The predicted molar refractivity (Wildman–Crippen MR) is 108 cm³/mol. The van der Waals surface area contributed by atoms with Gasteiger partial charge in [0.05, 0.1) is 24.9 Å². The maximum Gasteiger partial charge on any atom is 0.319 e. The second-order valence-electron chi connectivity index (χ2n) is 6.92. The molecule has 1 aliphatic rings. The van der Waals surface area contributed by atoms with Crippen molar-refractivity contribution in [1.29, 1.82) is 0 Å². The van der Waals surface area contributed by atoms with Crippen molar-refractivity contribution in [2.24, 2.45) is 0 Å². The Kier molecular flexibility index (Phi) is 5.62. The second-order valence-corrected chi connectivity index (χ2v) is 6.92. The predicted octanol–water partition coefficient (Wildman–Crippen LogP) is 2.25. The number of nitrogens with one attached hydrogen (secondary N) is 1. The summed E-state index contributed by atoms with van der Waals surface area (Å²) in [7, 11) is 0. The number of hydrogen-bond acceptors (Lipinski definition) is 8. The summed E-state index contributed by atoms with van der Waals surface area (Å²) in [5.74, 6) is 1.52. The van der Waals surface area contributed by atoms with Gasteiger partial charge < -0.3 is 14.2 Å². The average Bonchev–Trinajstić information content (AvgIpc) is 3.38. The van der Waals surface area contributed by atoms with Gasteiger partial charge in [0.25, 0.3) is 0 Å². The maximum absolute atomic E-state index is 12.0. The molecule has 3 aromatic rings. The van der Waals surface area contributed by atoms with Crippen LogP contribution in [0.2, 0.25) is 0 Å². The van der Waals surface area contributed by atoms with Gasteiger partial charge in [0, 0.05) is 0 Å². The van der Waals surface area contributed by atoms with Gasteiger partial charge in [-0.05, 0) is 60.0 Å². The minimum absolute atomic E-state index is 0.00651. The summed E-state index contributed by atoms with van der Waals surface area (Å²) in [6.07, 6.45) is 0. The lowest BCUT2D eigenvalue weighted by atomic mass is 10.0. The molecule has 0 saturated heterocycles. The largest absolute Gasteiger partial charge is 0.465 e. The first kappa shape index (κ1) is 19.8. The van der Waals surface area contributed by atoms with E-state index >= 15 is 0 Å². The molecule has 30 heavy (non-hydrogen) atoms. The number of ether oxygens (including phenoxy) is 3. The van der Waals surface area contributed by atoms with Crippen LogP contribution in [0.5, 0.6) is 11.5 Å². The molecule has 2 aromatic carbocycles. The van der Waals surface area contributed by atoms with Gasteiger partial charge in [0.15, 0.2) is 17.3 Å². The molecule has 1 unspecified atom stereocenters. The van der Waals surface area contributed by atoms with Crippen LogP contribution in [-0.4, -0.2) is 46.1 Å². The van der Waals surface area contributed by atoms with Crippen LogP contribution in [0.3, 0.4) is 0 Å². The molecule has 0 amide bonds. The van der Waals surface area contributed by atoms with E-state index in [-0.39, 0.29) is 19.3 Å². The highest BCUT2D eigenvalue weighted by molar-refractivity contribution is 5.71. The van der Waals surface area contributed by atoms with Crippen LogP contribution in [-0.2, 0) is 9.53 Å². The van der Waals surface area contributed by atoms with Crippen molar-refractivity contribution in [3.05, 3.63) is 58.9 Å². The molecule has 1 aliphatic heterocycles. The smallest absolute Gasteiger partial charge is 0.319 e. The molecular weight excluding hydrogens is 386 g/mol. The zero-order valence-electron chi connectivity index (χ0n) is 17.1. The quantitative estimate of drug-likeness (QED) is 0.593. The molecule has 1 aromatic heterocycles. The van der Waals surface area contributed by atoms with Crippen molar-refractivity contribution in [1.82, 2.24) is 25.5 Å². The number of benzene rings is 2. The first-order valence-corrected chi connectivity index (χ1v) is 9.72. The van der Waals surface area contributed by atoms with E-state index in [1.807, 2.05) is 50.2 Å². The number of aryl methyl sites for hydroxylation is 2. The Morgan fingerprint density at radius 2 is 1.97 bits per heavy atom. The minimum atomic E-state index is -0.474. The van der Waals surface area contributed by atoms with Crippen LogP contribution in [0.1, 0.15) is 35.5 Å². The molecule has 156 valence electrons. The lowest BCUT2D eigenvalue weighted by Gasteiger charge is -2.20. The summed E-state index contributed by atoms with van der Waals surface area (Å²) in [6.45, 7) is 6.29. The number of fused-ring (bicyclic) bond motifs is 1. The van der Waals surface area contributed by atoms with E-state index in [9.17, 15) is 4.79 Å². The highest BCUT2D eigenvalue weighted by Gasteiger charge is 2.26. The monoisotopic (exact) mass is 409 g/mol. The van der Waals surface area contributed by atoms with Gasteiger partial charge in [-0.2, -0.15) is 4.68 Å². The number of nitrogens with zero attached hydrogens (tertiary/aromatic N) is 4. The van der Waals surface area contributed by atoms with E-state index in [4.69, 9.17) is 14.2 Å². The molecular formula is C21H23N5O4. The molecule has 9 heteroatoms. The van der Waals surface area contributed by atoms with E-state index in [0.717, 1.165) is 22.4 Å². The zero-order chi connectivity index (χ0) is 21.1. The van der Waals surface area contributed by atoms with Crippen molar-refractivity contribution >= 4 is 5.97 Å². The van der Waals surface area contributed by atoms with Crippen LogP contribution in [0.15, 0.2) is 36.4 Å². The standard InChI is InChI=1S/C21H23N5O4/c1-4-28-18(27)11-22-19(15-8-9-16-17(10-15)30-12-29-16)21-23-24-25-26(21)20-13(2)6-5-7-14(20)3/h5-10,19,22H,4,11-12H2,1-3H3. The van der Waals surface area contributed by atoms with Gasteiger partial charge in [0.1, 0.15) is 0 Å². The van der Waals surface area contributed by atoms with Crippen molar-refractivity contribution in [3.63, 3.8) is 0 Å². The van der Waals surface area contributed by atoms with E-state index < -0.39 is 6.04 Å².